The zero-order chi connectivity index (χ0) is 13.1. The highest BCUT2D eigenvalue weighted by atomic mass is 35.5. The predicted octanol–water partition coefficient (Wildman–Crippen LogP) is 4.70. The first-order valence-electron chi connectivity index (χ1n) is 5.17. The molecule has 0 aliphatic heterocycles. The van der Waals surface area contributed by atoms with Crippen LogP contribution in [0.4, 0.5) is 0 Å². The molecule has 2 aromatic rings. The fourth-order valence-corrected chi connectivity index (χ4v) is 2.21. The fourth-order valence-electron chi connectivity index (χ4n) is 1.72. The van der Waals surface area contributed by atoms with Crippen LogP contribution < -0.4 is 5.90 Å². The van der Waals surface area contributed by atoms with Gasteiger partial charge in [-0.25, -0.2) is 5.90 Å². The highest BCUT2D eigenvalue weighted by Gasteiger charge is 2.08. The van der Waals surface area contributed by atoms with Gasteiger partial charge in [-0.15, -0.1) is 0 Å². The van der Waals surface area contributed by atoms with Crippen molar-refractivity contribution in [3.05, 3.63) is 57.0 Å². The topological polar surface area (TPSA) is 35.2 Å². The third-order valence-corrected chi connectivity index (χ3v) is 3.51. The van der Waals surface area contributed by atoms with Crippen molar-refractivity contribution in [1.29, 1.82) is 0 Å². The molecule has 2 rings (SSSR count). The molecule has 0 fully saturated rings. The molecule has 0 bridgehead atoms. The fraction of sp³-hybridized carbons (Fsp3) is 0.0769. The summed E-state index contributed by atoms with van der Waals surface area (Å²) < 4.78 is 0. The molecule has 0 atom stereocenters. The van der Waals surface area contributed by atoms with Gasteiger partial charge in [-0.3, -0.25) is 4.84 Å². The standard InChI is InChI=1S/C13H10Cl3NO/c14-10-2-3-11(9(5-10)7-18-17)8-1-4-12(15)13(16)6-8/h1-6H,7,17H2. The van der Waals surface area contributed by atoms with E-state index in [-0.39, 0.29) is 6.61 Å². The van der Waals surface area contributed by atoms with Crippen LogP contribution in [0.1, 0.15) is 5.56 Å². The van der Waals surface area contributed by atoms with Crippen LogP contribution in [0.15, 0.2) is 36.4 Å². The molecule has 0 saturated carbocycles. The summed E-state index contributed by atoms with van der Waals surface area (Å²) in [7, 11) is 0. The quantitative estimate of drug-likeness (QED) is 0.834. The van der Waals surface area contributed by atoms with E-state index >= 15 is 0 Å². The Morgan fingerprint density at radius 2 is 1.72 bits per heavy atom. The molecule has 0 aliphatic carbocycles. The summed E-state index contributed by atoms with van der Waals surface area (Å²) in [5.74, 6) is 5.12. The molecule has 0 saturated heterocycles. The third-order valence-electron chi connectivity index (χ3n) is 2.54. The summed E-state index contributed by atoms with van der Waals surface area (Å²) >= 11 is 17.9. The zero-order valence-electron chi connectivity index (χ0n) is 9.29. The maximum atomic E-state index is 6.01. The van der Waals surface area contributed by atoms with E-state index in [9.17, 15) is 0 Å². The molecule has 2 N–H and O–H groups in total. The lowest BCUT2D eigenvalue weighted by Crippen LogP contribution is -2.00. The average Bonchev–Trinajstić information content (AvgIpc) is 2.34. The molecule has 2 nitrogen and oxygen atoms in total. The van der Waals surface area contributed by atoms with Gasteiger partial charge in [0.05, 0.1) is 16.7 Å². The van der Waals surface area contributed by atoms with Gasteiger partial charge < -0.3 is 0 Å². The molecule has 5 heteroatoms. The van der Waals surface area contributed by atoms with E-state index in [0.29, 0.717) is 15.1 Å². The Kier molecular flexibility index (Phi) is 4.49. The van der Waals surface area contributed by atoms with Crippen LogP contribution >= 0.6 is 34.8 Å². The highest BCUT2D eigenvalue weighted by Crippen LogP contribution is 2.31. The smallest absolute Gasteiger partial charge is 0.0936 e. The normalized spacial score (nSPS) is 10.7. The van der Waals surface area contributed by atoms with E-state index in [2.05, 4.69) is 4.84 Å². The zero-order valence-corrected chi connectivity index (χ0v) is 11.6. The largest absolute Gasteiger partial charge is 0.300 e. The monoisotopic (exact) mass is 301 g/mol. The predicted molar refractivity (Wildman–Crippen MR) is 75.9 cm³/mol. The Hall–Kier alpha value is -0.770. The first-order chi connectivity index (χ1) is 8.61. The number of hydrogen-bond acceptors (Lipinski definition) is 2. The van der Waals surface area contributed by atoms with Crippen LogP contribution in [0.3, 0.4) is 0 Å². The number of hydrogen-bond donors (Lipinski definition) is 1. The Morgan fingerprint density at radius 1 is 0.944 bits per heavy atom. The van der Waals surface area contributed by atoms with Crippen molar-refractivity contribution < 1.29 is 4.84 Å². The average molecular weight is 303 g/mol. The van der Waals surface area contributed by atoms with E-state index in [4.69, 9.17) is 40.7 Å². The highest BCUT2D eigenvalue weighted by molar-refractivity contribution is 6.42. The molecular weight excluding hydrogens is 293 g/mol. The Balaban J connectivity index is 2.51. The minimum atomic E-state index is 0.274. The second-order valence-corrected chi connectivity index (χ2v) is 4.99. The van der Waals surface area contributed by atoms with Gasteiger partial charge in [-0.05, 0) is 41.0 Å². The molecule has 0 spiro atoms. The van der Waals surface area contributed by atoms with Crippen LogP contribution in [0.5, 0.6) is 0 Å². The van der Waals surface area contributed by atoms with Crippen LogP contribution in [0, 0.1) is 0 Å². The molecule has 0 aromatic heterocycles. The minimum Gasteiger partial charge on any atom is -0.300 e. The molecule has 0 radical (unpaired) electrons. The van der Waals surface area contributed by atoms with Crippen molar-refractivity contribution >= 4 is 34.8 Å². The Labute approximate surface area is 120 Å². The number of nitrogens with two attached hydrogens (primary N) is 1. The van der Waals surface area contributed by atoms with E-state index in [1.807, 2.05) is 18.2 Å². The van der Waals surface area contributed by atoms with Crippen molar-refractivity contribution in [2.45, 2.75) is 6.61 Å². The molecule has 0 heterocycles. The van der Waals surface area contributed by atoms with Gasteiger partial charge in [0.15, 0.2) is 0 Å². The number of benzene rings is 2. The molecule has 2 aromatic carbocycles. The summed E-state index contributed by atoms with van der Waals surface area (Å²) in [6.45, 7) is 0.274. The molecular formula is C13H10Cl3NO. The van der Waals surface area contributed by atoms with Gasteiger partial charge in [-0.2, -0.15) is 0 Å². The van der Waals surface area contributed by atoms with Gasteiger partial charge in [-0.1, -0.05) is 46.9 Å². The first-order valence-corrected chi connectivity index (χ1v) is 6.30. The summed E-state index contributed by atoms with van der Waals surface area (Å²) in [5, 5.41) is 1.65. The minimum absolute atomic E-state index is 0.274. The van der Waals surface area contributed by atoms with Gasteiger partial charge in [0.25, 0.3) is 0 Å². The third kappa shape index (κ3) is 2.97. The number of rotatable bonds is 3. The van der Waals surface area contributed by atoms with Gasteiger partial charge >= 0.3 is 0 Å². The second-order valence-electron chi connectivity index (χ2n) is 3.74. The second kappa shape index (κ2) is 5.91. The summed E-state index contributed by atoms with van der Waals surface area (Å²) in [4.78, 5) is 4.68. The summed E-state index contributed by atoms with van der Waals surface area (Å²) in [6, 6.07) is 11.0. The van der Waals surface area contributed by atoms with E-state index in [1.54, 1.807) is 18.2 Å². The summed E-state index contributed by atoms with van der Waals surface area (Å²) in [5.41, 5.74) is 2.79. The van der Waals surface area contributed by atoms with Crippen molar-refractivity contribution in [3.8, 4) is 11.1 Å². The van der Waals surface area contributed by atoms with Crippen molar-refractivity contribution in [2.75, 3.05) is 0 Å². The van der Waals surface area contributed by atoms with Crippen molar-refractivity contribution in [1.82, 2.24) is 0 Å². The van der Waals surface area contributed by atoms with Gasteiger partial charge in [0.2, 0.25) is 0 Å². The van der Waals surface area contributed by atoms with Crippen LogP contribution in [-0.4, -0.2) is 0 Å². The Bertz CT molecular complexity index is 572. The van der Waals surface area contributed by atoms with Crippen molar-refractivity contribution in [3.63, 3.8) is 0 Å². The molecule has 0 aliphatic rings. The lowest BCUT2D eigenvalue weighted by molar-refractivity contribution is 0.124. The maximum Gasteiger partial charge on any atom is 0.0936 e. The van der Waals surface area contributed by atoms with E-state index < -0.39 is 0 Å². The van der Waals surface area contributed by atoms with Crippen LogP contribution in [-0.2, 0) is 11.4 Å². The SMILES string of the molecule is NOCc1cc(Cl)ccc1-c1ccc(Cl)c(Cl)c1. The lowest BCUT2D eigenvalue weighted by atomic mass is 10.0. The first kappa shape index (κ1) is 13.7. The van der Waals surface area contributed by atoms with Crippen molar-refractivity contribution in [2.24, 2.45) is 5.90 Å². The van der Waals surface area contributed by atoms with Crippen LogP contribution in [0.2, 0.25) is 15.1 Å². The Morgan fingerprint density at radius 3 is 2.39 bits per heavy atom. The maximum absolute atomic E-state index is 6.01. The van der Waals surface area contributed by atoms with Gasteiger partial charge in [0, 0.05) is 5.02 Å². The lowest BCUT2D eigenvalue weighted by Gasteiger charge is -2.10. The van der Waals surface area contributed by atoms with E-state index in [1.165, 1.54) is 0 Å². The molecule has 94 valence electrons. The molecule has 18 heavy (non-hydrogen) atoms. The molecule has 0 unspecified atom stereocenters. The van der Waals surface area contributed by atoms with Crippen LogP contribution in [0.25, 0.3) is 11.1 Å². The van der Waals surface area contributed by atoms with E-state index in [0.717, 1.165) is 16.7 Å². The molecule has 0 amide bonds. The number of halogens is 3. The summed E-state index contributed by atoms with van der Waals surface area (Å²) in [6.07, 6.45) is 0. The van der Waals surface area contributed by atoms with Gasteiger partial charge in [0.1, 0.15) is 0 Å².